The predicted octanol–water partition coefficient (Wildman–Crippen LogP) is 7.62. The van der Waals surface area contributed by atoms with Gasteiger partial charge in [0.2, 0.25) is 0 Å². The number of allylic oxidation sites excluding steroid dienone is 9. The number of hydrogen-bond donors (Lipinski definition) is 0. The van der Waals surface area contributed by atoms with Crippen LogP contribution in [0.5, 0.6) is 0 Å². The second-order valence-electron chi connectivity index (χ2n) is 7.62. The predicted molar refractivity (Wildman–Crippen MR) is 122 cm³/mol. The highest BCUT2D eigenvalue weighted by Crippen LogP contribution is 2.62. The van der Waals surface area contributed by atoms with Crippen molar-refractivity contribution in [3.8, 4) is 11.1 Å². The molecule has 1 unspecified atom stereocenters. The topological polar surface area (TPSA) is 0 Å². The van der Waals surface area contributed by atoms with Crippen molar-refractivity contribution in [3.05, 3.63) is 118 Å². The second-order valence-corrected chi connectivity index (χ2v) is 7.62. The molecule has 28 heavy (non-hydrogen) atoms. The van der Waals surface area contributed by atoms with Gasteiger partial charge in [0.15, 0.2) is 0 Å². The molecule has 4 rings (SSSR count). The summed E-state index contributed by atoms with van der Waals surface area (Å²) in [5, 5.41) is 0. The Kier molecular flexibility index (Phi) is 4.59. The Bertz CT molecular complexity index is 1080. The van der Waals surface area contributed by atoms with Crippen molar-refractivity contribution in [3.63, 3.8) is 0 Å². The summed E-state index contributed by atoms with van der Waals surface area (Å²) in [6, 6.07) is 15.8. The minimum atomic E-state index is -0.270. The fourth-order valence-electron chi connectivity index (χ4n) is 5.25. The highest BCUT2D eigenvalue weighted by molar-refractivity contribution is 5.90. The van der Waals surface area contributed by atoms with Gasteiger partial charge in [0.1, 0.15) is 0 Å². The molecule has 2 aromatic rings. The first kappa shape index (κ1) is 18.5. The Labute approximate surface area is 169 Å². The van der Waals surface area contributed by atoms with Gasteiger partial charge in [0, 0.05) is 0 Å². The number of fused-ring (bicyclic) bond motifs is 5. The molecule has 0 radical (unpaired) electrons. The molecule has 0 saturated carbocycles. The monoisotopic (exact) mass is 364 g/mol. The number of aryl methyl sites for hydroxylation is 1. The van der Waals surface area contributed by atoms with Gasteiger partial charge in [-0.15, -0.1) is 0 Å². The van der Waals surface area contributed by atoms with Crippen LogP contribution in [0.3, 0.4) is 0 Å². The Hall–Kier alpha value is -2.86. The van der Waals surface area contributed by atoms with Gasteiger partial charge in [0.25, 0.3) is 0 Å². The van der Waals surface area contributed by atoms with Gasteiger partial charge in [-0.05, 0) is 71.7 Å². The molecular weight excluding hydrogens is 336 g/mol. The zero-order chi connectivity index (χ0) is 19.9. The fraction of sp³-hybridized carbons (Fsp3) is 0.214. The summed E-state index contributed by atoms with van der Waals surface area (Å²) in [5.74, 6) is 0. The molecule has 0 fully saturated rings. The van der Waals surface area contributed by atoms with E-state index in [1.807, 2.05) is 0 Å². The normalized spacial score (nSPS) is 20.7. The molecule has 140 valence electrons. The van der Waals surface area contributed by atoms with Crippen molar-refractivity contribution in [1.82, 2.24) is 0 Å². The molecule has 0 bridgehead atoms. The molecule has 0 nitrogen and oxygen atoms in total. The average Bonchev–Trinajstić information content (AvgIpc) is 3.13. The van der Waals surface area contributed by atoms with E-state index in [9.17, 15) is 0 Å². The van der Waals surface area contributed by atoms with Crippen molar-refractivity contribution >= 4 is 0 Å². The standard InChI is InChI=1S/C28H28/c1-6-12-21-20(8-3)25(13-7-2)28(24(21)9-4)26-15-11-10-14-22(26)23-18-19(5)16-17-27(23)28/h6-7,9-18H,4,8H2,1-3,5H3/b12-6-,13-7-. The van der Waals surface area contributed by atoms with E-state index in [0.29, 0.717) is 0 Å². The second kappa shape index (κ2) is 6.95. The third kappa shape index (κ3) is 2.24. The van der Waals surface area contributed by atoms with Crippen molar-refractivity contribution < 1.29 is 0 Å². The lowest BCUT2D eigenvalue weighted by molar-refractivity contribution is 0.776. The summed E-state index contributed by atoms with van der Waals surface area (Å²) in [5.41, 5.74) is 12.0. The molecular formula is C28H28. The Morgan fingerprint density at radius 2 is 1.61 bits per heavy atom. The highest BCUT2D eigenvalue weighted by Gasteiger charge is 2.51. The molecule has 2 aliphatic rings. The first-order valence-corrected chi connectivity index (χ1v) is 10.2. The van der Waals surface area contributed by atoms with E-state index >= 15 is 0 Å². The van der Waals surface area contributed by atoms with Gasteiger partial charge in [-0.25, -0.2) is 0 Å². The molecule has 0 saturated heterocycles. The first-order valence-electron chi connectivity index (χ1n) is 10.2. The van der Waals surface area contributed by atoms with E-state index in [-0.39, 0.29) is 5.41 Å². The molecule has 2 aromatic carbocycles. The van der Waals surface area contributed by atoms with Gasteiger partial charge < -0.3 is 0 Å². The molecule has 0 aromatic heterocycles. The molecule has 0 N–H and O–H groups in total. The Morgan fingerprint density at radius 3 is 2.29 bits per heavy atom. The summed E-state index contributed by atoms with van der Waals surface area (Å²) >= 11 is 0. The zero-order valence-electron chi connectivity index (χ0n) is 17.3. The van der Waals surface area contributed by atoms with Gasteiger partial charge >= 0.3 is 0 Å². The van der Waals surface area contributed by atoms with Crippen LogP contribution in [0.1, 0.15) is 43.9 Å². The smallest absolute Gasteiger partial charge is 0.0721 e. The minimum Gasteiger partial charge on any atom is -0.0987 e. The van der Waals surface area contributed by atoms with Crippen LogP contribution in [-0.4, -0.2) is 0 Å². The van der Waals surface area contributed by atoms with E-state index < -0.39 is 0 Å². The molecule has 0 heteroatoms. The quantitative estimate of drug-likeness (QED) is 0.523. The van der Waals surface area contributed by atoms with Crippen LogP contribution in [0.2, 0.25) is 0 Å². The fourth-order valence-corrected chi connectivity index (χ4v) is 5.25. The molecule has 0 amide bonds. The van der Waals surface area contributed by atoms with E-state index in [4.69, 9.17) is 0 Å². The third-order valence-corrected chi connectivity index (χ3v) is 6.17. The van der Waals surface area contributed by atoms with Gasteiger partial charge in [-0.1, -0.05) is 91.9 Å². The minimum absolute atomic E-state index is 0.270. The number of benzene rings is 2. The maximum absolute atomic E-state index is 4.28. The average molecular weight is 365 g/mol. The van der Waals surface area contributed by atoms with Crippen LogP contribution in [-0.2, 0) is 5.41 Å². The molecule has 1 spiro atoms. The van der Waals surface area contributed by atoms with Crippen molar-refractivity contribution in [2.45, 2.75) is 39.5 Å². The first-order chi connectivity index (χ1) is 13.6. The molecule has 2 aliphatic carbocycles. The van der Waals surface area contributed by atoms with E-state index in [2.05, 4.69) is 107 Å². The summed E-state index contributed by atoms with van der Waals surface area (Å²) in [6.07, 6.45) is 12.0. The van der Waals surface area contributed by atoms with Gasteiger partial charge in [-0.2, -0.15) is 0 Å². The lowest BCUT2D eigenvalue weighted by Gasteiger charge is -2.32. The van der Waals surface area contributed by atoms with Crippen molar-refractivity contribution in [2.75, 3.05) is 0 Å². The van der Waals surface area contributed by atoms with Crippen LogP contribution < -0.4 is 0 Å². The van der Waals surface area contributed by atoms with Crippen molar-refractivity contribution in [1.29, 1.82) is 0 Å². The molecule has 1 atom stereocenters. The van der Waals surface area contributed by atoms with E-state index in [1.165, 1.54) is 50.1 Å². The van der Waals surface area contributed by atoms with Crippen LogP contribution in [0.15, 0.2) is 102 Å². The Balaban J connectivity index is 2.24. The van der Waals surface area contributed by atoms with Crippen LogP contribution >= 0.6 is 0 Å². The summed E-state index contributed by atoms with van der Waals surface area (Å²) in [4.78, 5) is 0. The maximum atomic E-state index is 4.28. The molecule has 0 heterocycles. The number of hydrogen-bond acceptors (Lipinski definition) is 0. The zero-order valence-corrected chi connectivity index (χ0v) is 17.3. The molecule has 0 aliphatic heterocycles. The van der Waals surface area contributed by atoms with Crippen molar-refractivity contribution in [2.24, 2.45) is 0 Å². The highest BCUT2D eigenvalue weighted by atomic mass is 14.5. The Morgan fingerprint density at radius 1 is 0.893 bits per heavy atom. The van der Waals surface area contributed by atoms with Gasteiger partial charge in [-0.3, -0.25) is 0 Å². The third-order valence-electron chi connectivity index (χ3n) is 6.17. The summed E-state index contributed by atoms with van der Waals surface area (Å²) < 4.78 is 0. The van der Waals surface area contributed by atoms with Gasteiger partial charge in [0.05, 0.1) is 5.41 Å². The van der Waals surface area contributed by atoms with E-state index in [0.717, 1.165) is 6.42 Å². The largest absolute Gasteiger partial charge is 0.0987 e. The lowest BCUT2D eigenvalue weighted by atomic mass is 9.68. The summed E-state index contributed by atoms with van der Waals surface area (Å²) in [7, 11) is 0. The summed E-state index contributed by atoms with van der Waals surface area (Å²) in [6.45, 7) is 12.9. The van der Waals surface area contributed by atoms with Crippen LogP contribution in [0, 0.1) is 6.92 Å². The van der Waals surface area contributed by atoms with Crippen LogP contribution in [0.25, 0.3) is 11.1 Å². The van der Waals surface area contributed by atoms with E-state index in [1.54, 1.807) is 0 Å². The lowest BCUT2D eigenvalue weighted by Crippen LogP contribution is -2.27. The van der Waals surface area contributed by atoms with Crippen LogP contribution in [0.4, 0.5) is 0 Å². The maximum Gasteiger partial charge on any atom is 0.0721 e. The number of rotatable bonds is 4. The SMILES string of the molecule is C=CC1=C(/C=C\C)C(CC)=C(/C=C\C)C12c1ccccc1-c1cc(C)ccc12.